The van der Waals surface area contributed by atoms with E-state index in [-0.39, 0.29) is 30.9 Å². The number of carbonyl (C=O) groups excluding carboxylic acids is 2. The molecule has 13 heteroatoms. The fourth-order valence-corrected chi connectivity index (χ4v) is 5.85. The molecule has 1 aliphatic carbocycles. The molecule has 1 fully saturated rings. The summed E-state index contributed by atoms with van der Waals surface area (Å²) in [7, 11) is 6.25. The molecule has 2 amide bonds. The highest BCUT2D eigenvalue weighted by Gasteiger charge is 2.35. The molecule has 4 aromatic rings. The lowest BCUT2D eigenvalue weighted by molar-refractivity contribution is -0.142. The SMILES string of the molecule is COc1ccc(CCN(C(=O)Cn2nnc(-c3ccc(OC)c(OC)c3)n2)[C@@H](C(=O)NC2CCCCC2)c2ccc(C)o2)cc1OC. The van der Waals surface area contributed by atoms with E-state index in [1.54, 1.807) is 58.8 Å². The summed E-state index contributed by atoms with van der Waals surface area (Å²) in [6, 6.07) is 13.4. The Hall–Kier alpha value is -5.07. The first kappa shape index (κ1) is 33.3. The normalized spacial score (nSPS) is 13.9. The number of ether oxygens (including phenoxy) is 4. The third-order valence-electron chi connectivity index (χ3n) is 8.32. The predicted molar refractivity (Wildman–Crippen MR) is 173 cm³/mol. The van der Waals surface area contributed by atoms with Crippen molar-refractivity contribution in [2.45, 2.75) is 64.1 Å². The first-order valence-electron chi connectivity index (χ1n) is 15.7. The number of nitrogens with one attached hydrogen (secondary N) is 1. The van der Waals surface area contributed by atoms with Crippen molar-refractivity contribution >= 4 is 11.8 Å². The zero-order chi connectivity index (χ0) is 33.3. The lowest BCUT2D eigenvalue weighted by Crippen LogP contribution is -2.48. The van der Waals surface area contributed by atoms with E-state index in [4.69, 9.17) is 23.4 Å². The Kier molecular flexibility index (Phi) is 11.0. The molecule has 0 unspecified atom stereocenters. The molecular formula is C34H42N6O7. The van der Waals surface area contributed by atoms with Crippen LogP contribution in [-0.2, 0) is 22.6 Å². The average Bonchev–Trinajstić information content (AvgIpc) is 3.75. The molecule has 2 aromatic carbocycles. The van der Waals surface area contributed by atoms with Crippen molar-refractivity contribution < 1.29 is 33.0 Å². The van der Waals surface area contributed by atoms with E-state index < -0.39 is 6.04 Å². The van der Waals surface area contributed by atoms with Crippen LogP contribution in [0.5, 0.6) is 23.0 Å². The molecule has 0 aliphatic heterocycles. The van der Waals surface area contributed by atoms with Gasteiger partial charge in [-0.1, -0.05) is 25.3 Å². The van der Waals surface area contributed by atoms with Gasteiger partial charge in [0.2, 0.25) is 11.7 Å². The molecule has 1 saturated carbocycles. The number of amides is 2. The Balaban J connectivity index is 1.44. The van der Waals surface area contributed by atoms with Crippen LogP contribution in [0.3, 0.4) is 0 Å². The number of hydrogen-bond acceptors (Lipinski definition) is 10. The van der Waals surface area contributed by atoms with Gasteiger partial charge in [-0.2, -0.15) is 4.80 Å². The Morgan fingerprint density at radius 2 is 1.60 bits per heavy atom. The molecular weight excluding hydrogens is 604 g/mol. The summed E-state index contributed by atoms with van der Waals surface area (Å²) >= 11 is 0. The second-order valence-electron chi connectivity index (χ2n) is 11.4. The van der Waals surface area contributed by atoms with Crippen LogP contribution in [0.1, 0.15) is 55.2 Å². The van der Waals surface area contributed by atoms with Crippen molar-refractivity contribution in [1.82, 2.24) is 30.4 Å². The quantitative estimate of drug-likeness (QED) is 0.207. The Labute approximate surface area is 274 Å². The van der Waals surface area contributed by atoms with E-state index in [2.05, 4.69) is 20.7 Å². The first-order valence-corrected chi connectivity index (χ1v) is 15.7. The number of hydrogen-bond donors (Lipinski definition) is 1. The molecule has 2 aromatic heterocycles. The van der Waals surface area contributed by atoms with Crippen LogP contribution in [-0.4, -0.2) is 77.9 Å². The van der Waals surface area contributed by atoms with E-state index in [0.29, 0.717) is 52.3 Å². The van der Waals surface area contributed by atoms with Gasteiger partial charge in [0.05, 0.1) is 28.4 Å². The molecule has 2 heterocycles. The first-order chi connectivity index (χ1) is 22.8. The van der Waals surface area contributed by atoms with Gasteiger partial charge in [0.1, 0.15) is 18.1 Å². The second-order valence-corrected chi connectivity index (χ2v) is 11.4. The van der Waals surface area contributed by atoms with Gasteiger partial charge < -0.3 is 33.6 Å². The fourth-order valence-electron chi connectivity index (χ4n) is 5.85. The Bertz CT molecular complexity index is 1660. The smallest absolute Gasteiger partial charge is 0.250 e. The summed E-state index contributed by atoms with van der Waals surface area (Å²) in [4.78, 5) is 31.0. The number of carbonyl (C=O) groups is 2. The van der Waals surface area contributed by atoms with Crippen LogP contribution < -0.4 is 24.3 Å². The Morgan fingerprint density at radius 3 is 2.26 bits per heavy atom. The van der Waals surface area contributed by atoms with Crippen LogP contribution in [0.15, 0.2) is 52.9 Å². The van der Waals surface area contributed by atoms with Crippen molar-refractivity contribution in [3.8, 4) is 34.4 Å². The molecule has 1 N–H and O–H groups in total. The molecule has 1 aliphatic rings. The molecule has 0 bridgehead atoms. The highest BCUT2D eigenvalue weighted by atomic mass is 16.5. The number of tetrazole rings is 1. The molecule has 5 rings (SSSR count). The lowest BCUT2D eigenvalue weighted by atomic mass is 9.95. The van der Waals surface area contributed by atoms with Gasteiger partial charge in [-0.3, -0.25) is 9.59 Å². The zero-order valence-corrected chi connectivity index (χ0v) is 27.5. The van der Waals surface area contributed by atoms with Crippen molar-refractivity contribution in [2.24, 2.45) is 0 Å². The third kappa shape index (κ3) is 8.02. The summed E-state index contributed by atoms with van der Waals surface area (Å²) < 4.78 is 27.6. The Morgan fingerprint density at radius 1 is 0.915 bits per heavy atom. The maximum Gasteiger partial charge on any atom is 0.250 e. The minimum atomic E-state index is -1.01. The summed E-state index contributed by atoms with van der Waals surface area (Å²) in [6.45, 7) is 1.76. The molecule has 1 atom stereocenters. The van der Waals surface area contributed by atoms with Gasteiger partial charge in [0.15, 0.2) is 29.0 Å². The molecule has 47 heavy (non-hydrogen) atoms. The fraction of sp³-hybridized carbons (Fsp3) is 0.441. The van der Waals surface area contributed by atoms with Gasteiger partial charge in [0, 0.05) is 18.2 Å². The molecule has 0 saturated heterocycles. The summed E-state index contributed by atoms with van der Waals surface area (Å²) in [5, 5.41) is 16.0. The molecule has 250 valence electrons. The number of furan rings is 1. The van der Waals surface area contributed by atoms with Gasteiger partial charge in [-0.15, -0.1) is 10.2 Å². The average molecular weight is 647 g/mol. The number of benzene rings is 2. The minimum Gasteiger partial charge on any atom is -0.493 e. The number of rotatable bonds is 14. The maximum absolute atomic E-state index is 14.2. The minimum absolute atomic E-state index is 0.0404. The third-order valence-corrected chi connectivity index (χ3v) is 8.32. The monoisotopic (exact) mass is 646 g/mol. The van der Waals surface area contributed by atoms with Crippen LogP contribution in [0.25, 0.3) is 11.4 Å². The van der Waals surface area contributed by atoms with E-state index >= 15 is 0 Å². The largest absolute Gasteiger partial charge is 0.493 e. The standard InChI is InChI=1S/C34H42N6O7/c1-22-11-14-28(47-22)32(34(42)35-25-9-7-6-8-10-25)39(18-17-23-12-15-26(43-2)29(19-23)45-4)31(41)21-40-37-33(36-38-40)24-13-16-27(44-3)30(20-24)46-5/h11-16,19-20,25,32H,6-10,17-18,21H2,1-5H3,(H,35,42)/t32-/m1/s1. The summed E-state index contributed by atoms with van der Waals surface area (Å²) in [5.74, 6) is 2.92. The van der Waals surface area contributed by atoms with Crippen LogP contribution in [0, 0.1) is 6.92 Å². The van der Waals surface area contributed by atoms with Crippen LogP contribution in [0.4, 0.5) is 0 Å². The summed E-state index contributed by atoms with van der Waals surface area (Å²) in [5.41, 5.74) is 1.54. The van der Waals surface area contributed by atoms with Gasteiger partial charge >= 0.3 is 0 Å². The van der Waals surface area contributed by atoms with Crippen molar-refractivity contribution in [3.63, 3.8) is 0 Å². The van der Waals surface area contributed by atoms with Gasteiger partial charge in [-0.25, -0.2) is 0 Å². The van der Waals surface area contributed by atoms with E-state index in [1.807, 2.05) is 25.1 Å². The zero-order valence-electron chi connectivity index (χ0n) is 27.5. The van der Waals surface area contributed by atoms with Crippen LogP contribution >= 0.6 is 0 Å². The van der Waals surface area contributed by atoms with Crippen LogP contribution in [0.2, 0.25) is 0 Å². The molecule has 13 nitrogen and oxygen atoms in total. The topological polar surface area (TPSA) is 143 Å². The number of methoxy groups -OCH3 is 4. The number of nitrogens with zero attached hydrogens (tertiary/aromatic N) is 5. The van der Waals surface area contributed by atoms with Crippen molar-refractivity contribution in [2.75, 3.05) is 35.0 Å². The number of aryl methyl sites for hydroxylation is 1. The van der Waals surface area contributed by atoms with Gasteiger partial charge in [-0.05, 0) is 79.4 Å². The summed E-state index contributed by atoms with van der Waals surface area (Å²) in [6.07, 6.45) is 5.49. The molecule has 0 radical (unpaired) electrons. The second kappa shape index (κ2) is 15.5. The van der Waals surface area contributed by atoms with Gasteiger partial charge in [0.25, 0.3) is 5.91 Å². The molecule has 0 spiro atoms. The lowest BCUT2D eigenvalue weighted by Gasteiger charge is -2.32. The van der Waals surface area contributed by atoms with E-state index in [0.717, 1.165) is 37.7 Å². The highest BCUT2D eigenvalue weighted by molar-refractivity contribution is 5.88. The number of aromatic nitrogens is 4. The highest BCUT2D eigenvalue weighted by Crippen LogP contribution is 2.32. The van der Waals surface area contributed by atoms with E-state index in [1.165, 1.54) is 9.70 Å². The predicted octanol–water partition coefficient (Wildman–Crippen LogP) is 4.54. The van der Waals surface area contributed by atoms with Crippen molar-refractivity contribution in [1.29, 1.82) is 0 Å². The maximum atomic E-state index is 14.2. The van der Waals surface area contributed by atoms with E-state index in [9.17, 15) is 9.59 Å². The van der Waals surface area contributed by atoms with Crippen molar-refractivity contribution in [3.05, 3.63) is 65.6 Å².